The van der Waals surface area contributed by atoms with E-state index in [-0.39, 0.29) is 30.3 Å². The zero-order chi connectivity index (χ0) is 20.7. The van der Waals surface area contributed by atoms with Gasteiger partial charge in [0.05, 0.1) is 18.3 Å². The summed E-state index contributed by atoms with van der Waals surface area (Å²) in [4.78, 5) is 12.2. The highest BCUT2D eigenvalue weighted by atomic mass is 32.2. The van der Waals surface area contributed by atoms with E-state index in [1.54, 1.807) is 0 Å². The van der Waals surface area contributed by atoms with Crippen molar-refractivity contribution < 1.29 is 31.6 Å². The normalized spacial score (nSPS) is 26.6. The number of fused-ring (bicyclic) bond motifs is 1. The van der Waals surface area contributed by atoms with Crippen molar-refractivity contribution in [1.82, 2.24) is 14.1 Å². The molecule has 2 fully saturated rings. The van der Waals surface area contributed by atoms with E-state index in [0.717, 1.165) is 10.6 Å². The van der Waals surface area contributed by atoms with Crippen molar-refractivity contribution in [2.75, 3.05) is 26.5 Å². The topological polar surface area (TPSA) is 133 Å². The van der Waals surface area contributed by atoms with Gasteiger partial charge in [-0.2, -0.15) is 4.31 Å². The van der Waals surface area contributed by atoms with Gasteiger partial charge in [-0.25, -0.2) is 26.6 Å². The van der Waals surface area contributed by atoms with Crippen LogP contribution in [0.25, 0.3) is 0 Å². The fourth-order valence-corrected chi connectivity index (χ4v) is 6.65. The predicted molar refractivity (Wildman–Crippen MR) is 98.7 cm³/mol. The van der Waals surface area contributed by atoms with Crippen molar-refractivity contribution in [2.24, 2.45) is 5.92 Å². The van der Waals surface area contributed by atoms with Crippen LogP contribution in [0.5, 0.6) is 5.75 Å². The Balaban J connectivity index is 2.02. The largest absolute Gasteiger partial charge is 0.497 e. The maximum Gasteiger partial charge on any atom is 0.261 e. The summed E-state index contributed by atoms with van der Waals surface area (Å²) in [5.74, 6) is -0.547. The third kappa shape index (κ3) is 3.74. The number of carbonyl (C=O) groups is 1. The highest BCUT2D eigenvalue weighted by Gasteiger charge is 2.53. The summed E-state index contributed by atoms with van der Waals surface area (Å²) >= 11 is 0. The maximum absolute atomic E-state index is 13.3. The first-order valence-electron chi connectivity index (χ1n) is 8.66. The van der Waals surface area contributed by atoms with Crippen LogP contribution in [0.1, 0.15) is 12.8 Å². The predicted octanol–water partition coefficient (Wildman–Crippen LogP) is -0.386. The minimum Gasteiger partial charge on any atom is -0.497 e. The zero-order valence-electron chi connectivity index (χ0n) is 15.5. The van der Waals surface area contributed by atoms with Gasteiger partial charge in [-0.15, -0.1) is 0 Å². The summed E-state index contributed by atoms with van der Waals surface area (Å²) in [5, 5.41) is 9.09. The molecule has 28 heavy (non-hydrogen) atoms. The van der Waals surface area contributed by atoms with Crippen LogP contribution in [-0.2, 0) is 24.8 Å². The van der Waals surface area contributed by atoms with E-state index in [9.17, 15) is 21.6 Å². The van der Waals surface area contributed by atoms with Crippen LogP contribution in [0.15, 0.2) is 29.2 Å². The molecule has 1 amide bonds. The van der Waals surface area contributed by atoms with Crippen molar-refractivity contribution in [3.05, 3.63) is 24.3 Å². The molecule has 2 heterocycles. The van der Waals surface area contributed by atoms with Crippen LogP contribution in [0.2, 0.25) is 0 Å². The van der Waals surface area contributed by atoms with E-state index in [0.29, 0.717) is 12.2 Å². The first-order valence-corrected chi connectivity index (χ1v) is 11.9. The van der Waals surface area contributed by atoms with Crippen LogP contribution in [-0.4, -0.2) is 75.1 Å². The highest BCUT2D eigenvalue weighted by Crippen LogP contribution is 2.40. The number of ether oxygens (including phenoxy) is 1. The molecule has 3 rings (SSSR count). The van der Waals surface area contributed by atoms with Crippen molar-refractivity contribution >= 4 is 26.0 Å². The summed E-state index contributed by atoms with van der Waals surface area (Å²) in [5.41, 5.74) is 1.53. The Morgan fingerprint density at radius 1 is 1.21 bits per heavy atom. The van der Waals surface area contributed by atoms with Gasteiger partial charge in [0, 0.05) is 19.1 Å². The molecule has 0 aliphatic carbocycles. The molecule has 3 atom stereocenters. The average molecular weight is 434 g/mol. The number of rotatable bonds is 5. The molecular formula is C16H23N3O7S2. The Labute approximate surface area is 164 Å². The molecule has 12 heteroatoms. The fourth-order valence-electron chi connectivity index (χ4n) is 3.95. The number of piperidine rings is 1. The number of carbonyl (C=O) groups excluding carboxylic acids is 1. The first-order chi connectivity index (χ1) is 13.1. The van der Waals surface area contributed by atoms with E-state index in [1.165, 1.54) is 41.2 Å². The third-order valence-corrected chi connectivity index (χ3v) is 8.58. The molecule has 0 spiro atoms. The Kier molecular flexibility index (Phi) is 5.69. The molecule has 1 aromatic rings. The van der Waals surface area contributed by atoms with Gasteiger partial charge in [0.2, 0.25) is 20.0 Å². The van der Waals surface area contributed by atoms with Crippen LogP contribution in [0.4, 0.5) is 0 Å². The lowest BCUT2D eigenvalue weighted by Crippen LogP contribution is -2.54. The monoisotopic (exact) mass is 433 g/mol. The average Bonchev–Trinajstić information content (AvgIpc) is 3.06. The molecular weight excluding hydrogens is 410 g/mol. The minimum absolute atomic E-state index is 0.0336. The van der Waals surface area contributed by atoms with Crippen LogP contribution in [0, 0.1) is 5.92 Å². The summed E-state index contributed by atoms with van der Waals surface area (Å²) in [6.45, 7) is 0.234. The summed E-state index contributed by atoms with van der Waals surface area (Å²) < 4.78 is 57.9. The van der Waals surface area contributed by atoms with Crippen molar-refractivity contribution in [2.45, 2.75) is 29.8 Å². The summed E-state index contributed by atoms with van der Waals surface area (Å²) in [7, 11) is -6.17. The second-order valence-electron chi connectivity index (χ2n) is 6.98. The zero-order valence-corrected chi connectivity index (χ0v) is 17.1. The van der Waals surface area contributed by atoms with Gasteiger partial charge in [0.1, 0.15) is 11.8 Å². The number of amides is 1. The molecule has 3 unspecified atom stereocenters. The molecule has 0 saturated carbocycles. The van der Waals surface area contributed by atoms with Gasteiger partial charge < -0.3 is 4.74 Å². The van der Waals surface area contributed by atoms with Crippen molar-refractivity contribution in [3.8, 4) is 5.75 Å². The van der Waals surface area contributed by atoms with Crippen LogP contribution < -0.4 is 10.2 Å². The Bertz CT molecular complexity index is 947. The number of hydrogen-bond donors (Lipinski definition) is 2. The van der Waals surface area contributed by atoms with Crippen LogP contribution in [0.3, 0.4) is 0 Å². The fraction of sp³-hybridized carbons (Fsp3) is 0.562. The number of hydrogen-bond acceptors (Lipinski definition) is 7. The standard InChI is InChI=1S/C16H23N3O7S2/c1-26-12-3-5-13(6-4-12)28(24,25)19-14(16(20)17-21)9-11-7-8-18(10-15(11)19)27(2,22)23/h3-6,11,14-15,21H,7-10H2,1-2H3,(H,17,20). The van der Waals surface area contributed by atoms with Gasteiger partial charge in [0.25, 0.3) is 5.91 Å². The second-order valence-corrected chi connectivity index (χ2v) is 10.8. The lowest BCUT2D eigenvalue weighted by atomic mass is 9.92. The van der Waals surface area contributed by atoms with E-state index < -0.39 is 38.0 Å². The van der Waals surface area contributed by atoms with E-state index in [2.05, 4.69) is 0 Å². The summed E-state index contributed by atoms with van der Waals surface area (Å²) in [6.07, 6.45) is 1.72. The smallest absolute Gasteiger partial charge is 0.261 e. The number of nitrogens with one attached hydrogen (secondary N) is 1. The van der Waals surface area contributed by atoms with Gasteiger partial charge in [0.15, 0.2) is 0 Å². The van der Waals surface area contributed by atoms with E-state index >= 15 is 0 Å². The van der Waals surface area contributed by atoms with Gasteiger partial charge in [-0.3, -0.25) is 10.0 Å². The summed E-state index contributed by atoms with van der Waals surface area (Å²) in [6, 6.07) is 3.90. The molecule has 0 radical (unpaired) electrons. The quantitative estimate of drug-likeness (QED) is 0.477. The second kappa shape index (κ2) is 7.59. The highest BCUT2D eigenvalue weighted by molar-refractivity contribution is 7.89. The Morgan fingerprint density at radius 3 is 2.39 bits per heavy atom. The van der Waals surface area contributed by atoms with Gasteiger partial charge >= 0.3 is 0 Å². The molecule has 0 aromatic heterocycles. The molecule has 10 nitrogen and oxygen atoms in total. The van der Waals surface area contributed by atoms with Gasteiger partial charge in [-0.05, 0) is 43.0 Å². The molecule has 1 aromatic carbocycles. The molecule has 2 saturated heterocycles. The molecule has 0 bridgehead atoms. The van der Waals surface area contributed by atoms with E-state index in [4.69, 9.17) is 9.94 Å². The minimum atomic E-state index is -4.12. The molecule has 156 valence electrons. The van der Waals surface area contributed by atoms with Gasteiger partial charge in [-0.1, -0.05) is 0 Å². The number of benzene rings is 1. The number of methoxy groups -OCH3 is 1. The SMILES string of the molecule is COc1ccc(S(=O)(=O)N2C(C(=O)NO)CC3CCN(S(C)(=O)=O)CC32)cc1. The lowest BCUT2D eigenvalue weighted by molar-refractivity contribution is -0.132. The molecule has 2 aliphatic rings. The van der Waals surface area contributed by atoms with Crippen LogP contribution >= 0.6 is 0 Å². The van der Waals surface area contributed by atoms with E-state index in [1.807, 2.05) is 0 Å². The Hall–Kier alpha value is -1.73. The van der Waals surface area contributed by atoms with Crippen molar-refractivity contribution in [3.63, 3.8) is 0 Å². The van der Waals surface area contributed by atoms with Crippen molar-refractivity contribution in [1.29, 1.82) is 0 Å². The lowest BCUT2D eigenvalue weighted by Gasteiger charge is -2.37. The number of sulfonamides is 2. The number of nitrogens with zero attached hydrogens (tertiary/aromatic N) is 2. The number of hydroxylamine groups is 1. The Morgan fingerprint density at radius 2 is 1.86 bits per heavy atom. The maximum atomic E-state index is 13.3. The molecule has 2 aliphatic heterocycles. The third-order valence-electron chi connectivity index (χ3n) is 5.36. The first kappa shape index (κ1) is 21.0. The molecule has 2 N–H and O–H groups in total.